The molecule has 0 aliphatic heterocycles. The maximum Gasteiger partial charge on any atom is 0.240 e. The van der Waals surface area contributed by atoms with Crippen molar-refractivity contribution in [2.24, 2.45) is 11.7 Å². The molecule has 1 aromatic carbocycles. The molecular weight excluding hydrogens is 276 g/mol. The Morgan fingerprint density at radius 1 is 1.30 bits per heavy atom. The zero-order valence-electron chi connectivity index (χ0n) is 12.3. The standard InChI is InChI=1S/C14H24N2O3S/c1-4-11(5-2)10-16-20(17,18)13-6-7-14(19-3)12(8-13)9-15/h6-8,11,16H,4-5,9-10,15H2,1-3H3. The monoisotopic (exact) mass is 300 g/mol. The second-order valence-electron chi connectivity index (χ2n) is 4.71. The van der Waals surface area contributed by atoms with Crippen LogP contribution >= 0.6 is 0 Å². The van der Waals surface area contributed by atoms with Gasteiger partial charge in [0.25, 0.3) is 0 Å². The van der Waals surface area contributed by atoms with E-state index in [9.17, 15) is 8.42 Å². The minimum absolute atomic E-state index is 0.227. The van der Waals surface area contributed by atoms with Crippen molar-refractivity contribution < 1.29 is 13.2 Å². The largest absolute Gasteiger partial charge is 0.496 e. The normalized spacial score (nSPS) is 11.8. The molecule has 3 N–H and O–H groups in total. The average Bonchev–Trinajstić information content (AvgIpc) is 2.47. The van der Waals surface area contributed by atoms with Crippen molar-refractivity contribution in [2.45, 2.75) is 38.1 Å². The molecule has 0 radical (unpaired) electrons. The highest BCUT2D eigenvalue weighted by atomic mass is 32.2. The van der Waals surface area contributed by atoms with E-state index in [1.54, 1.807) is 12.1 Å². The van der Waals surface area contributed by atoms with Crippen molar-refractivity contribution in [3.8, 4) is 5.75 Å². The van der Waals surface area contributed by atoms with Crippen LogP contribution in [0.25, 0.3) is 0 Å². The lowest BCUT2D eigenvalue weighted by Crippen LogP contribution is -2.29. The summed E-state index contributed by atoms with van der Waals surface area (Å²) in [4.78, 5) is 0.227. The van der Waals surface area contributed by atoms with Gasteiger partial charge in [0.1, 0.15) is 5.75 Å². The highest BCUT2D eigenvalue weighted by Gasteiger charge is 2.17. The van der Waals surface area contributed by atoms with Gasteiger partial charge >= 0.3 is 0 Å². The van der Waals surface area contributed by atoms with Gasteiger partial charge in [-0.1, -0.05) is 26.7 Å². The van der Waals surface area contributed by atoms with E-state index in [-0.39, 0.29) is 11.4 Å². The molecule has 0 spiro atoms. The number of sulfonamides is 1. The molecule has 0 aromatic heterocycles. The Hall–Kier alpha value is -1.11. The van der Waals surface area contributed by atoms with Crippen LogP contribution in [0.4, 0.5) is 0 Å². The summed E-state index contributed by atoms with van der Waals surface area (Å²) >= 11 is 0. The third-order valence-corrected chi connectivity index (χ3v) is 4.92. The molecule has 114 valence electrons. The van der Waals surface area contributed by atoms with E-state index in [2.05, 4.69) is 18.6 Å². The second kappa shape index (κ2) is 7.61. The maximum absolute atomic E-state index is 12.2. The third kappa shape index (κ3) is 4.19. The van der Waals surface area contributed by atoms with Gasteiger partial charge in [0, 0.05) is 18.7 Å². The highest BCUT2D eigenvalue weighted by molar-refractivity contribution is 7.89. The SMILES string of the molecule is CCC(CC)CNS(=O)(=O)c1ccc(OC)c(CN)c1. The molecule has 0 saturated carbocycles. The second-order valence-corrected chi connectivity index (χ2v) is 6.48. The molecule has 0 saturated heterocycles. The van der Waals surface area contributed by atoms with E-state index >= 15 is 0 Å². The Morgan fingerprint density at radius 2 is 1.95 bits per heavy atom. The van der Waals surface area contributed by atoms with Crippen molar-refractivity contribution in [1.29, 1.82) is 0 Å². The molecule has 0 bridgehead atoms. The van der Waals surface area contributed by atoms with E-state index in [0.29, 0.717) is 23.8 Å². The summed E-state index contributed by atoms with van der Waals surface area (Å²) in [5.41, 5.74) is 6.29. The summed E-state index contributed by atoms with van der Waals surface area (Å²) in [5, 5.41) is 0. The van der Waals surface area contributed by atoms with Gasteiger partial charge in [-0.2, -0.15) is 0 Å². The van der Waals surface area contributed by atoms with Gasteiger partial charge in [0.05, 0.1) is 12.0 Å². The van der Waals surface area contributed by atoms with Crippen LogP contribution in [0, 0.1) is 5.92 Å². The number of ether oxygens (including phenoxy) is 1. The fraction of sp³-hybridized carbons (Fsp3) is 0.571. The average molecular weight is 300 g/mol. The predicted molar refractivity (Wildman–Crippen MR) is 80.1 cm³/mol. The summed E-state index contributed by atoms with van der Waals surface area (Å²) < 4.78 is 32.3. The zero-order valence-corrected chi connectivity index (χ0v) is 13.2. The summed E-state index contributed by atoms with van der Waals surface area (Å²) in [5.74, 6) is 0.962. The summed E-state index contributed by atoms with van der Waals surface area (Å²) in [7, 11) is -1.96. The van der Waals surface area contributed by atoms with Crippen LogP contribution in [0.3, 0.4) is 0 Å². The van der Waals surface area contributed by atoms with E-state index < -0.39 is 10.0 Å². The summed E-state index contributed by atoms with van der Waals surface area (Å²) in [6.45, 7) is 4.81. The minimum Gasteiger partial charge on any atom is -0.496 e. The molecule has 0 aliphatic rings. The maximum atomic E-state index is 12.2. The summed E-state index contributed by atoms with van der Waals surface area (Å²) in [6.07, 6.45) is 1.91. The molecule has 5 nitrogen and oxygen atoms in total. The van der Waals surface area contributed by atoms with Crippen molar-refractivity contribution >= 4 is 10.0 Å². The number of hydrogen-bond donors (Lipinski definition) is 2. The van der Waals surface area contributed by atoms with Crippen LogP contribution in [0.15, 0.2) is 23.1 Å². The third-order valence-electron chi connectivity index (χ3n) is 3.50. The lowest BCUT2D eigenvalue weighted by Gasteiger charge is -2.14. The first-order valence-electron chi connectivity index (χ1n) is 6.85. The van der Waals surface area contributed by atoms with Gasteiger partial charge in [-0.25, -0.2) is 13.1 Å². The molecular formula is C14H24N2O3S. The highest BCUT2D eigenvalue weighted by Crippen LogP contribution is 2.22. The Labute approximate surface area is 121 Å². The number of hydrogen-bond acceptors (Lipinski definition) is 4. The van der Waals surface area contributed by atoms with Crippen LogP contribution in [0.5, 0.6) is 5.75 Å². The summed E-state index contributed by atoms with van der Waals surface area (Å²) in [6, 6.07) is 4.73. The first-order chi connectivity index (χ1) is 9.48. The molecule has 6 heteroatoms. The van der Waals surface area contributed by atoms with Crippen molar-refractivity contribution in [2.75, 3.05) is 13.7 Å². The molecule has 0 aliphatic carbocycles. The van der Waals surface area contributed by atoms with Crippen LogP contribution < -0.4 is 15.2 Å². The lowest BCUT2D eigenvalue weighted by atomic mass is 10.0. The van der Waals surface area contributed by atoms with Crippen LogP contribution in [-0.2, 0) is 16.6 Å². The Bertz CT molecular complexity index is 525. The Kier molecular flexibility index (Phi) is 6.45. The first kappa shape index (κ1) is 16.9. The molecule has 0 unspecified atom stereocenters. The topological polar surface area (TPSA) is 81.4 Å². The fourth-order valence-electron chi connectivity index (χ4n) is 1.97. The molecule has 20 heavy (non-hydrogen) atoms. The number of methoxy groups -OCH3 is 1. The number of rotatable bonds is 8. The molecule has 0 heterocycles. The van der Waals surface area contributed by atoms with Gasteiger partial charge in [-0.3, -0.25) is 0 Å². The van der Waals surface area contributed by atoms with Crippen LogP contribution in [0.1, 0.15) is 32.3 Å². The number of benzene rings is 1. The van der Waals surface area contributed by atoms with Gasteiger partial charge in [0.15, 0.2) is 0 Å². The lowest BCUT2D eigenvalue weighted by molar-refractivity contribution is 0.409. The Morgan fingerprint density at radius 3 is 2.45 bits per heavy atom. The van der Waals surface area contributed by atoms with Gasteiger partial charge in [-0.15, -0.1) is 0 Å². The minimum atomic E-state index is -3.49. The molecule has 0 atom stereocenters. The number of nitrogens with two attached hydrogens (primary N) is 1. The van der Waals surface area contributed by atoms with E-state index in [1.807, 2.05) is 0 Å². The van der Waals surface area contributed by atoms with Gasteiger partial charge < -0.3 is 10.5 Å². The van der Waals surface area contributed by atoms with Gasteiger partial charge in [-0.05, 0) is 24.1 Å². The fourth-order valence-corrected chi connectivity index (χ4v) is 3.14. The van der Waals surface area contributed by atoms with E-state index in [4.69, 9.17) is 10.5 Å². The quantitative estimate of drug-likeness (QED) is 0.768. The smallest absolute Gasteiger partial charge is 0.240 e. The molecule has 0 fully saturated rings. The molecule has 1 rings (SSSR count). The van der Waals surface area contributed by atoms with Crippen LogP contribution in [0.2, 0.25) is 0 Å². The van der Waals surface area contributed by atoms with Gasteiger partial charge in [0.2, 0.25) is 10.0 Å². The first-order valence-corrected chi connectivity index (χ1v) is 8.33. The van der Waals surface area contributed by atoms with Crippen molar-refractivity contribution in [3.63, 3.8) is 0 Å². The molecule has 1 aromatic rings. The van der Waals surface area contributed by atoms with E-state index in [1.165, 1.54) is 13.2 Å². The van der Waals surface area contributed by atoms with Crippen LogP contribution in [-0.4, -0.2) is 22.1 Å². The number of nitrogens with one attached hydrogen (secondary N) is 1. The molecule has 0 amide bonds. The van der Waals surface area contributed by atoms with E-state index in [0.717, 1.165) is 12.8 Å². The Balaban J connectivity index is 2.92. The predicted octanol–water partition coefficient (Wildman–Crippen LogP) is 1.87. The van der Waals surface area contributed by atoms with Crippen molar-refractivity contribution in [3.05, 3.63) is 23.8 Å². The van der Waals surface area contributed by atoms with Crippen molar-refractivity contribution in [1.82, 2.24) is 4.72 Å². The zero-order chi connectivity index (χ0) is 15.2.